The van der Waals surface area contributed by atoms with Crippen molar-refractivity contribution in [1.82, 2.24) is 5.32 Å². The van der Waals surface area contributed by atoms with E-state index in [1.165, 1.54) is 6.92 Å². The molecule has 2 rings (SSSR count). The first kappa shape index (κ1) is 31.7. The van der Waals surface area contributed by atoms with Gasteiger partial charge in [-0.3, -0.25) is 14.4 Å². The van der Waals surface area contributed by atoms with Crippen LogP contribution in [-0.2, 0) is 39.9 Å². The molecule has 0 radical (unpaired) electrons. The highest BCUT2D eigenvalue weighted by Crippen LogP contribution is 2.25. The van der Waals surface area contributed by atoms with Gasteiger partial charge in [0.15, 0.2) is 12.4 Å². The predicted molar refractivity (Wildman–Crippen MR) is 135 cm³/mol. The summed E-state index contributed by atoms with van der Waals surface area (Å²) < 4.78 is 15.9. The van der Waals surface area contributed by atoms with Crippen LogP contribution in [0.15, 0.2) is 48.5 Å². The Bertz CT molecular complexity index is 1100. The molecule has 204 valence electrons. The Kier molecular flexibility index (Phi) is 13.7. The van der Waals surface area contributed by atoms with Crippen LogP contribution in [0.25, 0.3) is 0 Å². The summed E-state index contributed by atoms with van der Waals surface area (Å²) in [5.41, 5.74) is 0.342. The van der Waals surface area contributed by atoms with E-state index >= 15 is 0 Å². The van der Waals surface area contributed by atoms with Gasteiger partial charge in [0.2, 0.25) is 5.91 Å². The fourth-order valence-corrected chi connectivity index (χ4v) is 3.49. The number of ether oxygens (including phenoxy) is 3. The minimum Gasteiger partial charge on any atom is -0.464 e. The third-order valence-electron chi connectivity index (χ3n) is 5.51. The van der Waals surface area contributed by atoms with Gasteiger partial charge in [-0.15, -0.1) is 0 Å². The van der Waals surface area contributed by atoms with Gasteiger partial charge in [-0.05, 0) is 68.1 Å². The zero-order valence-electron chi connectivity index (χ0n) is 22.0. The van der Waals surface area contributed by atoms with E-state index in [0.717, 1.165) is 5.56 Å². The van der Waals surface area contributed by atoms with Crippen LogP contribution in [0.4, 0.5) is 0 Å². The van der Waals surface area contributed by atoms with Crippen LogP contribution < -0.4 is 10.1 Å². The molecule has 1 unspecified atom stereocenters. The third-order valence-corrected chi connectivity index (χ3v) is 5.51. The van der Waals surface area contributed by atoms with Crippen LogP contribution >= 0.6 is 0 Å². The number of amides is 1. The number of carbonyl (C=O) groups is 4. The molecule has 0 aliphatic heterocycles. The summed E-state index contributed by atoms with van der Waals surface area (Å²) in [4.78, 5) is 63.8. The van der Waals surface area contributed by atoms with Gasteiger partial charge in [-0.1, -0.05) is 26.0 Å². The quantitative estimate of drug-likeness (QED) is 0.304. The van der Waals surface area contributed by atoms with E-state index in [4.69, 9.17) is 23.8 Å². The molecule has 0 aromatic heterocycles. The maximum atomic E-state index is 12.6. The average molecular weight is 528 g/mol. The molecule has 0 aliphatic carbocycles. The molecule has 0 spiro atoms. The van der Waals surface area contributed by atoms with Crippen LogP contribution in [0.2, 0.25) is 0 Å². The fraction of sp³-hybridized carbons (Fsp3) is 0.393. The summed E-state index contributed by atoms with van der Waals surface area (Å²) in [5.74, 6) is -0.246. The molecule has 0 saturated carbocycles. The van der Waals surface area contributed by atoms with Gasteiger partial charge in [0.05, 0.1) is 6.61 Å². The van der Waals surface area contributed by atoms with Gasteiger partial charge in [0.1, 0.15) is 17.0 Å². The van der Waals surface area contributed by atoms with Crippen molar-refractivity contribution in [2.45, 2.75) is 58.9 Å². The SMILES string of the molecule is CCOC(=O)C(CC)(CCc1ccc(Oc2ccc(C(=O)COC(=O)CC)cc2)cc1)NC(C)=O.O=C=O. The van der Waals surface area contributed by atoms with E-state index < -0.39 is 17.5 Å². The number of carbonyl (C=O) groups excluding carboxylic acids is 6. The molecule has 0 fully saturated rings. The summed E-state index contributed by atoms with van der Waals surface area (Å²) in [5, 5.41) is 2.78. The Balaban J connectivity index is 0.00000229. The number of nitrogens with one attached hydrogen (secondary N) is 1. The molecule has 1 atom stereocenters. The molecular weight excluding hydrogens is 494 g/mol. The Hall–Kier alpha value is -4.30. The molecule has 0 bridgehead atoms. The maximum absolute atomic E-state index is 12.6. The van der Waals surface area contributed by atoms with E-state index in [-0.39, 0.29) is 37.5 Å². The number of esters is 2. The Morgan fingerprint density at radius 1 is 0.868 bits per heavy atom. The molecule has 10 heteroatoms. The lowest BCUT2D eigenvalue weighted by Gasteiger charge is -2.31. The van der Waals surface area contributed by atoms with E-state index in [1.807, 2.05) is 31.2 Å². The minimum atomic E-state index is -1.06. The van der Waals surface area contributed by atoms with Gasteiger partial charge in [0, 0.05) is 18.9 Å². The average Bonchev–Trinajstić information content (AvgIpc) is 2.91. The van der Waals surface area contributed by atoms with E-state index in [1.54, 1.807) is 38.1 Å². The molecule has 1 N–H and O–H groups in total. The molecular formula is C28H33NO9. The second kappa shape index (κ2) is 16.4. The number of hydrogen-bond acceptors (Lipinski definition) is 9. The monoisotopic (exact) mass is 527 g/mol. The molecule has 38 heavy (non-hydrogen) atoms. The van der Waals surface area contributed by atoms with Crippen molar-refractivity contribution in [3.05, 3.63) is 59.7 Å². The maximum Gasteiger partial charge on any atom is 0.373 e. The summed E-state index contributed by atoms with van der Waals surface area (Å²) in [7, 11) is 0. The molecule has 0 aliphatic rings. The highest BCUT2D eigenvalue weighted by molar-refractivity contribution is 5.98. The van der Waals surface area contributed by atoms with Crippen LogP contribution in [0.5, 0.6) is 11.5 Å². The van der Waals surface area contributed by atoms with Crippen molar-refractivity contribution in [2.75, 3.05) is 13.2 Å². The Labute approximate surface area is 221 Å². The highest BCUT2D eigenvalue weighted by Gasteiger charge is 2.38. The van der Waals surface area contributed by atoms with Gasteiger partial charge in [-0.25, -0.2) is 4.79 Å². The second-order valence-corrected chi connectivity index (χ2v) is 8.13. The number of hydrogen-bond donors (Lipinski definition) is 1. The Morgan fingerprint density at radius 3 is 1.89 bits per heavy atom. The Morgan fingerprint density at radius 2 is 1.42 bits per heavy atom. The van der Waals surface area contributed by atoms with Crippen molar-refractivity contribution in [1.29, 1.82) is 0 Å². The smallest absolute Gasteiger partial charge is 0.373 e. The fourth-order valence-electron chi connectivity index (χ4n) is 3.49. The topological polar surface area (TPSA) is 142 Å². The zero-order chi connectivity index (χ0) is 28.6. The number of aryl methyl sites for hydroxylation is 1. The molecule has 2 aromatic carbocycles. The lowest BCUT2D eigenvalue weighted by Crippen LogP contribution is -2.54. The van der Waals surface area contributed by atoms with Crippen molar-refractivity contribution in [2.24, 2.45) is 0 Å². The van der Waals surface area contributed by atoms with Gasteiger partial charge in [-0.2, -0.15) is 9.59 Å². The zero-order valence-corrected chi connectivity index (χ0v) is 22.0. The molecule has 0 heterocycles. The van der Waals surface area contributed by atoms with E-state index in [2.05, 4.69) is 5.32 Å². The van der Waals surface area contributed by atoms with Crippen molar-refractivity contribution >= 4 is 29.8 Å². The second-order valence-electron chi connectivity index (χ2n) is 8.13. The molecule has 0 saturated heterocycles. The first-order valence-electron chi connectivity index (χ1n) is 12.2. The summed E-state index contributed by atoms with van der Waals surface area (Å²) >= 11 is 0. The van der Waals surface area contributed by atoms with Crippen molar-refractivity contribution in [3.8, 4) is 11.5 Å². The van der Waals surface area contributed by atoms with Crippen LogP contribution in [0.3, 0.4) is 0 Å². The van der Waals surface area contributed by atoms with E-state index in [9.17, 15) is 19.2 Å². The summed E-state index contributed by atoms with van der Waals surface area (Å²) in [6.45, 7) is 6.60. The lowest BCUT2D eigenvalue weighted by atomic mass is 9.88. The lowest BCUT2D eigenvalue weighted by molar-refractivity contribution is -0.191. The van der Waals surface area contributed by atoms with Crippen LogP contribution in [-0.4, -0.2) is 48.5 Å². The first-order valence-corrected chi connectivity index (χ1v) is 12.2. The van der Waals surface area contributed by atoms with Gasteiger partial charge in [0.25, 0.3) is 0 Å². The summed E-state index contributed by atoms with van der Waals surface area (Å²) in [6, 6.07) is 14.0. The summed E-state index contributed by atoms with van der Waals surface area (Å²) in [6.07, 6.45) is 1.86. The van der Waals surface area contributed by atoms with Crippen molar-refractivity contribution in [3.63, 3.8) is 0 Å². The third kappa shape index (κ3) is 10.4. The van der Waals surface area contributed by atoms with Crippen LogP contribution in [0, 0.1) is 0 Å². The van der Waals surface area contributed by atoms with Gasteiger partial charge >= 0.3 is 18.1 Å². The molecule has 10 nitrogen and oxygen atoms in total. The number of ketones is 1. The largest absolute Gasteiger partial charge is 0.464 e. The molecule has 1 amide bonds. The minimum absolute atomic E-state index is 0.221. The number of rotatable bonds is 13. The predicted octanol–water partition coefficient (Wildman–Crippen LogP) is 3.81. The molecule has 2 aromatic rings. The van der Waals surface area contributed by atoms with Gasteiger partial charge < -0.3 is 19.5 Å². The normalized spacial score (nSPS) is 11.5. The highest BCUT2D eigenvalue weighted by atomic mass is 16.5. The van der Waals surface area contributed by atoms with Crippen LogP contribution in [0.1, 0.15) is 62.9 Å². The van der Waals surface area contributed by atoms with E-state index in [0.29, 0.717) is 36.3 Å². The number of benzene rings is 2. The first-order chi connectivity index (χ1) is 18.1. The van der Waals surface area contributed by atoms with Crippen molar-refractivity contribution < 1.29 is 43.0 Å². The standard InChI is InChI=1S/C27H33NO7.CO2/c1-5-25(31)34-18-24(30)21-10-14-23(15-11-21)35-22-12-8-20(9-13-22)16-17-27(6-2,28-19(4)29)26(32)33-7-3;2-1-3/h8-15H,5-7,16-18H2,1-4H3,(H,28,29);. The number of Topliss-reactive ketones (excluding diaryl/α,β-unsaturated/α-hetero) is 1.